The number of nitrogens with two attached hydrogens (primary N) is 1. The third-order valence-electron chi connectivity index (χ3n) is 4.00. The average Bonchev–Trinajstić information content (AvgIpc) is 3.27. The molecule has 154 valence electrons. The molecular weight excluding hydrogens is 417 g/mol. The maximum atomic E-state index is 12.7. The topological polar surface area (TPSA) is 112 Å². The molecule has 3 N–H and O–H groups in total. The predicted molar refractivity (Wildman–Crippen MR) is 112 cm³/mol. The fraction of sp³-hybridized carbons (Fsp3) is 0.222. The Morgan fingerprint density at radius 2 is 2.14 bits per heavy atom. The molecule has 0 aliphatic carbocycles. The number of sulfonamides is 1. The minimum absolute atomic E-state index is 0.00858. The van der Waals surface area contributed by atoms with Crippen molar-refractivity contribution in [1.29, 1.82) is 0 Å². The highest BCUT2D eigenvalue weighted by atomic mass is 32.2. The van der Waals surface area contributed by atoms with Crippen LogP contribution in [0, 0.1) is 0 Å². The molecule has 0 aliphatic heterocycles. The highest BCUT2D eigenvalue weighted by Gasteiger charge is 2.10. The SMILES string of the molecule is CS(=O)(=O)Nc1cccc(-c2ccc(Cn3cnn(C/C(=C/F)CN)c3=O)s2)c1. The summed E-state index contributed by atoms with van der Waals surface area (Å²) in [7, 11) is -3.36. The summed E-state index contributed by atoms with van der Waals surface area (Å²) in [6, 6.07) is 10.9. The molecule has 0 bridgehead atoms. The first-order valence-corrected chi connectivity index (χ1v) is 11.3. The van der Waals surface area contributed by atoms with Gasteiger partial charge in [-0.15, -0.1) is 11.3 Å². The van der Waals surface area contributed by atoms with E-state index in [9.17, 15) is 17.6 Å². The normalized spacial score (nSPS) is 12.3. The number of nitrogens with one attached hydrogen (secondary N) is 1. The fourth-order valence-corrected chi connectivity index (χ4v) is 4.22. The van der Waals surface area contributed by atoms with E-state index in [1.807, 2.05) is 18.2 Å². The van der Waals surface area contributed by atoms with Crippen molar-refractivity contribution in [1.82, 2.24) is 14.3 Å². The van der Waals surface area contributed by atoms with Gasteiger partial charge in [0.1, 0.15) is 6.33 Å². The lowest BCUT2D eigenvalue weighted by atomic mass is 10.2. The van der Waals surface area contributed by atoms with Gasteiger partial charge in [0, 0.05) is 22.0 Å². The van der Waals surface area contributed by atoms with Crippen molar-refractivity contribution < 1.29 is 12.8 Å². The van der Waals surface area contributed by atoms with Gasteiger partial charge in [-0.05, 0) is 35.4 Å². The number of nitrogens with zero attached hydrogens (tertiary/aromatic N) is 3. The lowest BCUT2D eigenvalue weighted by Crippen LogP contribution is -2.26. The molecule has 0 atom stereocenters. The molecule has 0 fully saturated rings. The highest BCUT2D eigenvalue weighted by molar-refractivity contribution is 7.92. The Labute approximate surface area is 171 Å². The maximum absolute atomic E-state index is 12.7. The third-order valence-corrected chi connectivity index (χ3v) is 5.73. The van der Waals surface area contributed by atoms with E-state index in [0.717, 1.165) is 26.3 Å². The summed E-state index contributed by atoms with van der Waals surface area (Å²) in [5.74, 6) is 0. The van der Waals surface area contributed by atoms with Gasteiger partial charge in [-0.2, -0.15) is 5.10 Å². The molecule has 29 heavy (non-hydrogen) atoms. The Kier molecular flexibility index (Phi) is 6.30. The van der Waals surface area contributed by atoms with Gasteiger partial charge in [-0.3, -0.25) is 9.29 Å². The molecule has 8 nitrogen and oxygen atoms in total. The van der Waals surface area contributed by atoms with Gasteiger partial charge in [-0.1, -0.05) is 12.1 Å². The number of aromatic nitrogens is 3. The number of hydrogen-bond acceptors (Lipinski definition) is 6. The number of anilines is 1. The van der Waals surface area contributed by atoms with Crippen LogP contribution in [-0.4, -0.2) is 35.6 Å². The molecule has 1 aromatic carbocycles. The molecule has 0 saturated carbocycles. The van der Waals surface area contributed by atoms with Crippen molar-refractivity contribution in [2.24, 2.45) is 5.73 Å². The second kappa shape index (κ2) is 8.72. The van der Waals surface area contributed by atoms with E-state index < -0.39 is 10.0 Å². The summed E-state index contributed by atoms with van der Waals surface area (Å²) in [5, 5.41) is 4.00. The molecular formula is C18H20FN5O3S2. The summed E-state index contributed by atoms with van der Waals surface area (Å²) in [5.41, 5.74) is 6.68. The Morgan fingerprint density at radius 3 is 2.83 bits per heavy atom. The summed E-state index contributed by atoms with van der Waals surface area (Å²) < 4.78 is 40.6. The predicted octanol–water partition coefficient (Wildman–Crippen LogP) is 2.01. The minimum atomic E-state index is -3.36. The average molecular weight is 438 g/mol. The van der Waals surface area contributed by atoms with Crippen LogP contribution in [0.15, 0.2) is 59.4 Å². The van der Waals surface area contributed by atoms with Crippen LogP contribution in [0.5, 0.6) is 0 Å². The Balaban J connectivity index is 1.77. The fourth-order valence-electron chi connectivity index (χ4n) is 2.66. The largest absolute Gasteiger partial charge is 0.346 e. The second-order valence-electron chi connectivity index (χ2n) is 6.39. The van der Waals surface area contributed by atoms with Crippen molar-refractivity contribution in [3.63, 3.8) is 0 Å². The number of halogens is 1. The van der Waals surface area contributed by atoms with Crippen molar-refractivity contribution in [2.45, 2.75) is 13.1 Å². The van der Waals surface area contributed by atoms with Crippen LogP contribution in [0.1, 0.15) is 4.88 Å². The van der Waals surface area contributed by atoms with E-state index in [1.165, 1.54) is 22.2 Å². The van der Waals surface area contributed by atoms with E-state index in [-0.39, 0.29) is 24.4 Å². The van der Waals surface area contributed by atoms with Gasteiger partial charge in [0.2, 0.25) is 10.0 Å². The van der Waals surface area contributed by atoms with Gasteiger partial charge in [0.05, 0.1) is 25.7 Å². The Bertz CT molecular complexity index is 1190. The van der Waals surface area contributed by atoms with Crippen molar-refractivity contribution in [3.8, 4) is 10.4 Å². The smallest absolute Gasteiger partial charge is 0.327 e. The number of rotatable bonds is 8. The molecule has 0 aliphatic rings. The molecule has 2 aromatic heterocycles. The van der Waals surface area contributed by atoms with Crippen molar-refractivity contribution in [2.75, 3.05) is 17.5 Å². The van der Waals surface area contributed by atoms with Crippen molar-refractivity contribution >= 4 is 27.0 Å². The van der Waals surface area contributed by atoms with E-state index in [4.69, 9.17) is 5.73 Å². The summed E-state index contributed by atoms with van der Waals surface area (Å²) in [4.78, 5) is 14.3. The minimum Gasteiger partial charge on any atom is -0.327 e. The number of hydrogen-bond donors (Lipinski definition) is 2. The van der Waals surface area contributed by atoms with Gasteiger partial charge < -0.3 is 5.73 Å². The van der Waals surface area contributed by atoms with Gasteiger partial charge in [0.25, 0.3) is 0 Å². The second-order valence-corrected chi connectivity index (χ2v) is 9.31. The van der Waals surface area contributed by atoms with Crippen LogP contribution in [0.3, 0.4) is 0 Å². The zero-order valence-corrected chi connectivity index (χ0v) is 17.2. The van der Waals surface area contributed by atoms with Crippen LogP contribution in [0.25, 0.3) is 10.4 Å². The van der Waals surface area contributed by atoms with E-state index in [2.05, 4.69) is 9.82 Å². The zero-order valence-electron chi connectivity index (χ0n) is 15.6. The molecule has 3 aromatic rings. The molecule has 11 heteroatoms. The number of thiophene rings is 1. The lowest BCUT2D eigenvalue weighted by molar-refractivity contribution is 0.604. The van der Waals surface area contributed by atoms with Crippen LogP contribution in [-0.2, 0) is 23.1 Å². The van der Waals surface area contributed by atoms with Crippen LogP contribution in [0.4, 0.5) is 10.1 Å². The third kappa shape index (κ3) is 5.40. The highest BCUT2D eigenvalue weighted by Crippen LogP contribution is 2.30. The summed E-state index contributed by atoms with van der Waals surface area (Å²) in [6.07, 6.45) is 2.90. The first-order chi connectivity index (χ1) is 13.8. The molecule has 0 radical (unpaired) electrons. The van der Waals surface area contributed by atoms with Crippen molar-refractivity contribution in [3.05, 3.63) is 70.0 Å². The number of benzene rings is 1. The lowest BCUT2D eigenvalue weighted by Gasteiger charge is -2.05. The Hall–Kier alpha value is -2.76. The Morgan fingerprint density at radius 1 is 1.34 bits per heavy atom. The van der Waals surface area contributed by atoms with E-state index in [0.29, 0.717) is 18.6 Å². The van der Waals surface area contributed by atoms with Crippen LogP contribution < -0.4 is 16.1 Å². The summed E-state index contributed by atoms with van der Waals surface area (Å²) >= 11 is 1.48. The first-order valence-electron chi connectivity index (χ1n) is 8.56. The van der Waals surface area contributed by atoms with E-state index in [1.54, 1.807) is 18.2 Å². The standard InChI is InChI=1S/C18H20FN5O3S2/c1-29(26,27)22-15-4-2-3-14(7-15)17-6-5-16(28-17)11-23-12-21-24(18(23)25)10-13(8-19)9-20/h2-8,12,22H,9-11,20H2,1H3/b13-8+. The molecule has 0 unspecified atom stereocenters. The zero-order chi connectivity index (χ0) is 21.0. The molecule has 3 rings (SSSR count). The molecule has 0 amide bonds. The van der Waals surface area contributed by atoms with Gasteiger partial charge in [-0.25, -0.2) is 22.3 Å². The van der Waals surface area contributed by atoms with Crippen LogP contribution >= 0.6 is 11.3 Å². The summed E-state index contributed by atoms with van der Waals surface area (Å²) in [6.45, 7) is 0.341. The molecule has 0 spiro atoms. The van der Waals surface area contributed by atoms with Gasteiger partial charge in [0.15, 0.2) is 0 Å². The molecule has 2 heterocycles. The monoisotopic (exact) mass is 437 g/mol. The van der Waals surface area contributed by atoms with E-state index >= 15 is 0 Å². The van der Waals surface area contributed by atoms with Crippen LogP contribution in [0.2, 0.25) is 0 Å². The molecule has 0 saturated heterocycles. The maximum Gasteiger partial charge on any atom is 0.346 e. The first kappa shape index (κ1) is 21.0. The quantitative estimate of drug-likeness (QED) is 0.560. The van der Waals surface area contributed by atoms with Gasteiger partial charge >= 0.3 is 5.69 Å².